The van der Waals surface area contributed by atoms with Crippen molar-refractivity contribution >= 4 is 5.91 Å². The SMILES string of the molecule is CCCC(C)C(=O)NCCCN1CC[N+](C)(C)CC1. The van der Waals surface area contributed by atoms with E-state index < -0.39 is 0 Å². The molecule has 0 aromatic rings. The van der Waals surface area contributed by atoms with E-state index in [-0.39, 0.29) is 11.8 Å². The number of nitrogens with zero attached hydrogens (tertiary/aromatic N) is 2. The van der Waals surface area contributed by atoms with E-state index >= 15 is 0 Å². The molecule has 0 aromatic heterocycles. The van der Waals surface area contributed by atoms with Crippen molar-refractivity contribution in [2.45, 2.75) is 33.1 Å². The zero-order valence-electron chi connectivity index (χ0n) is 13.2. The molecule has 1 aliphatic heterocycles. The van der Waals surface area contributed by atoms with Gasteiger partial charge < -0.3 is 9.80 Å². The second-order valence-corrected chi connectivity index (χ2v) is 6.56. The van der Waals surface area contributed by atoms with Gasteiger partial charge in [0.2, 0.25) is 5.91 Å². The molecule has 1 atom stereocenters. The van der Waals surface area contributed by atoms with Gasteiger partial charge in [-0.15, -0.1) is 0 Å². The predicted octanol–water partition coefficient (Wildman–Crippen LogP) is 1.32. The Labute approximate surface area is 118 Å². The van der Waals surface area contributed by atoms with E-state index in [9.17, 15) is 4.79 Å². The molecular formula is C15H32N3O+. The Morgan fingerprint density at radius 3 is 2.53 bits per heavy atom. The van der Waals surface area contributed by atoms with Gasteiger partial charge in [-0.25, -0.2) is 0 Å². The van der Waals surface area contributed by atoms with Crippen molar-refractivity contribution in [2.75, 3.05) is 53.4 Å². The van der Waals surface area contributed by atoms with E-state index in [1.807, 2.05) is 6.92 Å². The third kappa shape index (κ3) is 6.39. The fourth-order valence-corrected chi connectivity index (χ4v) is 2.52. The standard InChI is InChI=1S/C15H31N3O/c1-5-7-14(2)15(19)16-8-6-9-17-10-12-18(3,4)13-11-17/h14H,5-13H2,1-4H3/p+1. The van der Waals surface area contributed by atoms with Gasteiger partial charge in [0.05, 0.1) is 27.2 Å². The fourth-order valence-electron chi connectivity index (χ4n) is 2.52. The number of nitrogens with one attached hydrogen (secondary N) is 1. The summed E-state index contributed by atoms with van der Waals surface area (Å²) in [5.41, 5.74) is 0. The molecular weight excluding hydrogens is 238 g/mol. The monoisotopic (exact) mass is 270 g/mol. The predicted molar refractivity (Wildman–Crippen MR) is 80.0 cm³/mol. The Morgan fingerprint density at radius 2 is 1.95 bits per heavy atom. The molecule has 1 saturated heterocycles. The molecule has 1 amide bonds. The molecule has 0 bridgehead atoms. The number of piperazine rings is 1. The van der Waals surface area contributed by atoms with Crippen molar-refractivity contribution in [1.82, 2.24) is 10.2 Å². The van der Waals surface area contributed by atoms with Crippen LogP contribution in [0.1, 0.15) is 33.1 Å². The number of hydrogen-bond acceptors (Lipinski definition) is 2. The molecule has 0 spiro atoms. The minimum absolute atomic E-state index is 0.165. The normalized spacial score (nSPS) is 21.1. The van der Waals surface area contributed by atoms with Gasteiger partial charge in [-0.1, -0.05) is 20.3 Å². The molecule has 0 aromatic carbocycles. The van der Waals surface area contributed by atoms with Crippen LogP contribution in [0.4, 0.5) is 0 Å². The average molecular weight is 270 g/mol. The van der Waals surface area contributed by atoms with E-state index in [0.29, 0.717) is 0 Å². The topological polar surface area (TPSA) is 32.3 Å². The maximum absolute atomic E-state index is 11.7. The first-order valence-electron chi connectivity index (χ1n) is 7.76. The molecule has 0 aliphatic carbocycles. The summed E-state index contributed by atoms with van der Waals surface area (Å²) in [6, 6.07) is 0. The minimum atomic E-state index is 0.165. The van der Waals surface area contributed by atoms with E-state index in [1.54, 1.807) is 0 Å². The highest BCUT2D eigenvalue weighted by Gasteiger charge is 2.23. The maximum atomic E-state index is 11.7. The molecule has 1 rings (SSSR count). The largest absolute Gasteiger partial charge is 0.356 e. The number of carbonyl (C=O) groups is 1. The van der Waals surface area contributed by atoms with Crippen molar-refractivity contribution in [2.24, 2.45) is 5.92 Å². The van der Waals surface area contributed by atoms with E-state index in [4.69, 9.17) is 0 Å². The number of likely N-dealkylation sites (N-methyl/N-ethyl adjacent to an activating group) is 1. The molecule has 4 heteroatoms. The number of amides is 1. The highest BCUT2D eigenvalue weighted by molar-refractivity contribution is 5.78. The number of rotatable bonds is 7. The third-order valence-corrected chi connectivity index (χ3v) is 4.16. The Hall–Kier alpha value is -0.610. The molecule has 112 valence electrons. The van der Waals surface area contributed by atoms with Crippen LogP contribution in [0.25, 0.3) is 0 Å². The van der Waals surface area contributed by atoms with Crippen LogP contribution in [0.3, 0.4) is 0 Å². The lowest BCUT2D eigenvalue weighted by Crippen LogP contribution is -2.54. The minimum Gasteiger partial charge on any atom is -0.356 e. The van der Waals surface area contributed by atoms with Gasteiger partial charge in [0.1, 0.15) is 0 Å². The average Bonchev–Trinajstić information content (AvgIpc) is 2.36. The Bertz CT molecular complexity index is 269. The summed E-state index contributed by atoms with van der Waals surface area (Å²) >= 11 is 0. The lowest BCUT2D eigenvalue weighted by atomic mass is 10.1. The fraction of sp³-hybridized carbons (Fsp3) is 0.933. The van der Waals surface area contributed by atoms with Crippen molar-refractivity contribution in [1.29, 1.82) is 0 Å². The van der Waals surface area contributed by atoms with Crippen molar-refractivity contribution in [3.05, 3.63) is 0 Å². The quantitative estimate of drug-likeness (QED) is 0.559. The van der Waals surface area contributed by atoms with Gasteiger partial charge in [-0.3, -0.25) is 9.69 Å². The summed E-state index contributed by atoms with van der Waals surface area (Å²) in [7, 11) is 4.60. The highest BCUT2D eigenvalue weighted by Crippen LogP contribution is 2.07. The second-order valence-electron chi connectivity index (χ2n) is 6.56. The lowest BCUT2D eigenvalue weighted by molar-refractivity contribution is -0.894. The van der Waals surface area contributed by atoms with Crippen LogP contribution in [-0.2, 0) is 4.79 Å². The smallest absolute Gasteiger partial charge is 0.222 e. The number of hydrogen-bond donors (Lipinski definition) is 1. The van der Waals surface area contributed by atoms with Gasteiger partial charge in [-0.05, 0) is 12.8 Å². The van der Waals surface area contributed by atoms with Gasteiger partial charge in [0.25, 0.3) is 0 Å². The maximum Gasteiger partial charge on any atom is 0.222 e. The first-order chi connectivity index (χ1) is 8.94. The van der Waals surface area contributed by atoms with Gasteiger partial charge in [0, 0.05) is 32.1 Å². The first-order valence-corrected chi connectivity index (χ1v) is 7.76. The summed E-state index contributed by atoms with van der Waals surface area (Å²) in [5.74, 6) is 0.386. The van der Waals surface area contributed by atoms with Crippen molar-refractivity contribution < 1.29 is 9.28 Å². The summed E-state index contributed by atoms with van der Waals surface area (Å²) in [6.07, 6.45) is 3.14. The first kappa shape index (κ1) is 16.4. The Morgan fingerprint density at radius 1 is 1.32 bits per heavy atom. The molecule has 1 unspecified atom stereocenters. The number of carbonyl (C=O) groups excluding carboxylic acids is 1. The summed E-state index contributed by atoms with van der Waals surface area (Å²) < 4.78 is 1.14. The molecule has 0 radical (unpaired) electrons. The third-order valence-electron chi connectivity index (χ3n) is 4.16. The Balaban J connectivity index is 2.07. The lowest BCUT2D eigenvalue weighted by Gasteiger charge is -2.39. The summed E-state index contributed by atoms with van der Waals surface area (Å²) in [4.78, 5) is 14.3. The summed E-state index contributed by atoms with van der Waals surface area (Å²) in [6.45, 7) is 10.9. The highest BCUT2D eigenvalue weighted by atomic mass is 16.1. The molecule has 0 saturated carbocycles. The van der Waals surface area contributed by atoms with Gasteiger partial charge in [0.15, 0.2) is 0 Å². The van der Waals surface area contributed by atoms with E-state index in [1.165, 1.54) is 26.2 Å². The second kappa shape index (κ2) is 7.85. The zero-order valence-corrected chi connectivity index (χ0v) is 13.2. The molecule has 1 aliphatic rings. The van der Waals surface area contributed by atoms with Crippen LogP contribution in [-0.4, -0.2) is 68.7 Å². The number of quaternary nitrogens is 1. The van der Waals surface area contributed by atoms with Crippen LogP contribution in [0, 0.1) is 5.92 Å². The molecule has 1 heterocycles. The van der Waals surface area contributed by atoms with Crippen LogP contribution in [0.15, 0.2) is 0 Å². The van der Waals surface area contributed by atoms with Crippen LogP contribution >= 0.6 is 0 Å². The molecule has 19 heavy (non-hydrogen) atoms. The van der Waals surface area contributed by atoms with Gasteiger partial charge in [-0.2, -0.15) is 0 Å². The molecule has 4 nitrogen and oxygen atoms in total. The molecule has 1 N–H and O–H groups in total. The summed E-state index contributed by atoms with van der Waals surface area (Å²) in [5, 5.41) is 3.05. The van der Waals surface area contributed by atoms with Crippen LogP contribution in [0.5, 0.6) is 0 Å². The Kier molecular flexibility index (Phi) is 6.80. The van der Waals surface area contributed by atoms with Crippen LogP contribution < -0.4 is 5.32 Å². The van der Waals surface area contributed by atoms with Crippen molar-refractivity contribution in [3.8, 4) is 0 Å². The zero-order chi connectivity index (χ0) is 14.3. The van der Waals surface area contributed by atoms with Crippen molar-refractivity contribution in [3.63, 3.8) is 0 Å². The molecule has 1 fully saturated rings. The van der Waals surface area contributed by atoms with Crippen LogP contribution in [0.2, 0.25) is 0 Å². The van der Waals surface area contributed by atoms with Gasteiger partial charge >= 0.3 is 0 Å². The van der Waals surface area contributed by atoms with E-state index in [2.05, 4.69) is 31.2 Å². The van der Waals surface area contributed by atoms with E-state index in [0.717, 1.165) is 36.8 Å².